The molecule has 0 saturated carbocycles. The van der Waals surface area contributed by atoms with E-state index in [0.717, 1.165) is 51.8 Å². The fourth-order valence-electron chi connectivity index (χ4n) is 5.23. The van der Waals surface area contributed by atoms with Gasteiger partial charge in [0.1, 0.15) is 17.4 Å². The van der Waals surface area contributed by atoms with Crippen molar-refractivity contribution in [2.75, 3.05) is 50.8 Å². The Morgan fingerprint density at radius 1 is 1.03 bits per heavy atom. The van der Waals surface area contributed by atoms with Crippen molar-refractivity contribution in [2.24, 2.45) is 13.0 Å². The summed E-state index contributed by atoms with van der Waals surface area (Å²) in [6.45, 7) is 6.36. The molecular formula is C29H29ClFN5O3. The Hall–Kier alpha value is -3.66. The van der Waals surface area contributed by atoms with Gasteiger partial charge in [0.15, 0.2) is 0 Å². The smallest absolute Gasteiger partial charge is 0.332 e. The summed E-state index contributed by atoms with van der Waals surface area (Å²) in [5.41, 5.74) is 2.16. The third kappa shape index (κ3) is 5.05. The first-order valence-electron chi connectivity index (χ1n) is 13.0. The SMILES string of the molecule is Cn1ccn(-c2ccc(-c3cc(F)cc(-c4ccnc(N5CCN(CC6COC6)CC5)c4)c3O)cc2Cl)c1=O. The number of phenols is 1. The predicted octanol–water partition coefficient (Wildman–Crippen LogP) is 4.17. The van der Waals surface area contributed by atoms with Crippen molar-refractivity contribution in [3.63, 3.8) is 0 Å². The van der Waals surface area contributed by atoms with E-state index in [4.69, 9.17) is 16.3 Å². The first kappa shape index (κ1) is 25.6. The maximum Gasteiger partial charge on any atom is 0.332 e. The monoisotopic (exact) mass is 549 g/mol. The molecule has 2 aliphatic heterocycles. The van der Waals surface area contributed by atoms with Gasteiger partial charge in [0.05, 0.1) is 23.9 Å². The minimum absolute atomic E-state index is 0.0539. The first-order valence-corrected chi connectivity index (χ1v) is 13.3. The van der Waals surface area contributed by atoms with Gasteiger partial charge in [-0.2, -0.15) is 0 Å². The number of imidazole rings is 1. The van der Waals surface area contributed by atoms with Crippen LogP contribution in [0, 0.1) is 11.7 Å². The summed E-state index contributed by atoms with van der Waals surface area (Å²) in [6.07, 6.45) is 4.96. The maximum atomic E-state index is 14.9. The number of rotatable bonds is 6. The van der Waals surface area contributed by atoms with E-state index in [1.54, 1.807) is 49.9 Å². The molecule has 0 amide bonds. The highest BCUT2D eigenvalue weighted by Gasteiger charge is 2.25. The number of hydrogen-bond acceptors (Lipinski definition) is 6. The van der Waals surface area contributed by atoms with Crippen LogP contribution in [0.3, 0.4) is 0 Å². The van der Waals surface area contributed by atoms with E-state index in [1.807, 2.05) is 6.07 Å². The number of halogens is 2. The molecule has 2 aromatic heterocycles. The fourth-order valence-corrected chi connectivity index (χ4v) is 5.50. The lowest BCUT2D eigenvalue weighted by molar-refractivity contribution is -0.0469. The molecule has 0 radical (unpaired) electrons. The number of hydrogen-bond donors (Lipinski definition) is 1. The number of anilines is 1. The molecule has 4 heterocycles. The number of pyridine rings is 1. The van der Waals surface area contributed by atoms with Gasteiger partial charge in [-0.05, 0) is 47.5 Å². The Morgan fingerprint density at radius 2 is 1.74 bits per heavy atom. The second kappa shape index (κ2) is 10.5. The number of aromatic nitrogens is 3. The van der Waals surface area contributed by atoms with Crippen LogP contribution in [0.25, 0.3) is 27.9 Å². The van der Waals surface area contributed by atoms with Crippen LogP contribution in [0.5, 0.6) is 5.75 Å². The van der Waals surface area contributed by atoms with Crippen molar-refractivity contribution in [3.8, 4) is 33.7 Å². The Labute approximate surface area is 230 Å². The minimum atomic E-state index is -0.482. The zero-order chi connectivity index (χ0) is 27.1. The van der Waals surface area contributed by atoms with Crippen LogP contribution >= 0.6 is 11.6 Å². The summed E-state index contributed by atoms with van der Waals surface area (Å²) >= 11 is 6.53. The first-order chi connectivity index (χ1) is 18.9. The molecule has 1 N–H and O–H groups in total. The average molecular weight is 550 g/mol. The number of benzene rings is 2. The normalized spacial score (nSPS) is 16.4. The van der Waals surface area contributed by atoms with E-state index in [-0.39, 0.29) is 11.4 Å². The summed E-state index contributed by atoms with van der Waals surface area (Å²) in [7, 11) is 1.66. The van der Waals surface area contributed by atoms with Gasteiger partial charge in [0.2, 0.25) is 0 Å². The van der Waals surface area contributed by atoms with Crippen LogP contribution in [0.4, 0.5) is 10.2 Å². The van der Waals surface area contributed by atoms with Gasteiger partial charge >= 0.3 is 5.69 Å². The van der Waals surface area contributed by atoms with Crippen LogP contribution in [0.2, 0.25) is 5.02 Å². The number of aryl methyl sites for hydroxylation is 1. The molecule has 6 rings (SSSR count). The molecule has 39 heavy (non-hydrogen) atoms. The molecule has 0 bridgehead atoms. The lowest BCUT2D eigenvalue weighted by atomic mass is 9.97. The minimum Gasteiger partial charge on any atom is -0.507 e. The molecule has 0 aliphatic carbocycles. The van der Waals surface area contributed by atoms with Gasteiger partial charge < -0.3 is 19.3 Å². The Balaban J connectivity index is 1.27. The lowest BCUT2D eigenvalue weighted by Gasteiger charge is -2.38. The Morgan fingerprint density at radius 3 is 2.36 bits per heavy atom. The molecule has 0 atom stereocenters. The predicted molar refractivity (Wildman–Crippen MR) is 149 cm³/mol. The van der Waals surface area contributed by atoms with Crippen molar-refractivity contribution >= 4 is 17.4 Å². The van der Waals surface area contributed by atoms with E-state index >= 15 is 0 Å². The summed E-state index contributed by atoms with van der Waals surface area (Å²) in [5, 5.41) is 11.6. The molecule has 2 fully saturated rings. The van der Waals surface area contributed by atoms with Gasteiger partial charge in [0.25, 0.3) is 0 Å². The zero-order valence-electron chi connectivity index (χ0n) is 21.6. The van der Waals surface area contributed by atoms with Gasteiger partial charge in [-0.25, -0.2) is 14.2 Å². The number of ether oxygens (including phenoxy) is 1. The quantitative estimate of drug-likeness (QED) is 0.389. The second-order valence-electron chi connectivity index (χ2n) is 10.2. The number of piperazine rings is 1. The number of nitrogens with zero attached hydrogens (tertiary/aromatic N) is 5. The highest BCUT2D eigenvalue weighted by Crippen LogP contribution is 2.41. The third-order valence-corrected chi connectivity index (χ3v) is 7.82. The summed E-state index contributed by atoms with van der Waals surface area (Å²) in [5.74, 6) is 0.895. The standard InChI is InChI=1S/C29H29ClFN5O3/c1-33-6-11-36(29(33)38)26-3-2-20(12-25(26)30)23-14-22(31)15-24(28(23)37)21-4-5-32-27(13-21)35-9-7-34(8-10-35)16-19-17-39-18-19/h2-6,11-15,19,37H,7-10,16-18H2,1H3. The fraction of sp³-hybridized carbons (Fsp3) is 0.310. The van der Waals surface area contributed by atoms with E-state index in [0.29, 0.717) is 38.9 Å². The van der Waals surface area contributed by atoms with E-state index in [1.165, 1.54) is 21.3 Å². The van der Waals surface area contributed by atoms with Gasteiger partial charge in [-0.3, -0.25) is 9.47 Å². The summed E-state index contributed by atoms with van der Waals surface area (Å²) < 4.78 is 23.1. The summed E-state index contributed by atoms with van der Waals surface area (Å²) in [6, 6.07) is 11.3. The summed E-state index contributed by atoms with van der Waals surface area (Å²) in [4.78, 5) is 21.6. The van der Waals surface area contributed by atoms with Crippen LogP contribution in [-0.2, 0) is 11.8 Å². The Bertz CT molecular complexity index is 1570. The van der Waals surface area contributed by atoms with Crippen molar-refractivity contribution in [3.05, 3.63) is 82.4 Å². The maximum absolute atomic E-state index is 14.9. The van der Waals surface area contributed by atoms with Crippen molar-refractivity contribution in [1.29, 1.82) is 0 Å². The molecule has 2 aromatic carbocycles. The molecule has 2 saturated heterocycles. The molecule has 10 heteroatoms. The number of phenolic OH excluding ortho intramolecular Hbond substituents is 1. The largest absolute Gasteiger partial charge is 0.507 e. The van der Waals surface area contributed by atoms with E-state index in [2.05, 4.69) is 14.8 Å². The van der Waals surface area contributed by atoms with Crippen LogP contribution in [0.15, 0.2) is 65.8 Å². The molecular weight excluding hydrogens is 521 g/mol. The van der Waals surface area contributed by atoms with Crippen molar-refractivity contribution < 1.29 is 14.2 Å². The Kier molecular flexibility index (Phi) is 6.88. The molecule has 8 nitrogen and oxygen atoms in total. The van der Waals surface area contributed by atoms with E-state index in [9.17, 15) is 14.3 Å². The van der Waals surface area contributed by atoms with E-state index < -0.39 is 5.82 Å². The number of aromatic hydroxyl groups is 1. The highest BCUT2D eigenvalue weighted by molar-refractivity contribution is 6.32. The average Bonchev–Trinajstić information content (AvgIpc) is 3.25. The third-order valence-electron chi connectivity index (χ3n) is 7.52. The van der Waals surface area contributed by atoms with Gasteiger partial charge in [-0.15, -0.1) is 0 Å². The van der Waals surface area contributed by atoms with Crippen molar-refractivity contribution in [1.82, 2.24) is 19.0 Å². The lowest BCUT2D eigenvalue weighted by Crippen LogP contribution is -2.50. The zero-order valence-corrected chi connectivity index (χ0v) is 22.3. The van der Waals surface area contributed by atoms with Crippen molar-refractivity contribution in [2.45, 2.75) is 0 Å². The van der Waals surface area contributed by atoms with Crippen LogP contribution in [0.1, 0.15) is 0 Å². The second-order valence-corrected chi connectivity index (χ2v) is 10.6. The highest BCUT2D eigenvalue weighted by atomic mass is 35.5. The molecule has 202 valence electrons. The van der Waals surface area contributed by atoms with Crippen LogP contribution in [-0.4, -0.2) is 70.1 Å². The molecule has 0 spiro atoms. The van der Waals surface area contributed by atoms with Gasteiger partial charge in [-0.1, -0.05) is 17.7 Å². The topological polar surface area (TPSA) is 75.8 Å². The molecule has 2 aliphatic rings. The van der Waals surface area contributed by atoms with Gasteiger partial charge in [0, 0.05) is 75.4 Å². The van der Waals surface area contributed by atoms with Crippen LogP contribution < -0.4 is 10.6 Å². The molecule has 0 unspecified atom stereocenters. The molecule has 4 aromatic rings.